The number of methoxy groups -OCH3 is 1. The average molecular weight is 316 g/mol. The van der Waals surface area contributed by atoms with Gasteiger partial charge in [-0.15, -0.1) is 0 Å². The van der Waals surface area contributed by atoms with Gasteiger partial charge in [-0.25, -0.2) is 4.57 Å². The maximum absolute atomic E-state index is 12.2. The normalized spacial score (nSPS) is 11.2. The van der Waals surface area contributed by atoms with Crippen LogP contribution >= 0.6 is 7.82 Å². The highest BCUT2D eigenvalue weighted by atomic mass is 31.2. The Hall–Kier alpha value is -1.36. The maximum atomic E-state index is 12.2. The van der Waals surface area contributed by atoms with Crippen LogP contribution in [0.25, 0.3) is 0 Å². The van der Waals surface area contributed by atoms with Gasteiger partial charge in [-0.2, -0.15) is 0 Å². The minimum atomic E-state index is -3.57. The molecule has 0 radical (unpaired) electrons. The fourth-order valence-corrected chi connectivity index (χ4v) is 2.79. The van der Waals surface area contributed by atoms with E-state index >= 15 is 0 Å². The predicted octanol–water partition coefficient (Wildman–Crippen LogP) is 3.35. The SMILES string of the molecule is CCOP(=O)(OCC)Oc1ccc(CCC(=O)OC)cc1. The molecule has 0 saturated carbocycles. The highest BCUT2D eigenvalue weighted by molar-refractivity contribution is 7.48. The van der Waals surface area contributed by atoms with Crippen LogP contribution in [0.1, 0.15) is 25.8 Å². The highest BCUT2D eigenvalue weighted by Gasteiger charge is 2.27. The topological polar surface area (TPSA) is 71.1 Å². The standard InChI is InChI=1S/C14H21O6P/c1-4-18-21(16,19-5-2)20-13-9-6-12(7-10-13)8-11-14(15)17-3/h6-7,9-10H,4-5,8,11H2,1-3H3. The van der Waals surface area contributed by atoms with E-state index in [-0.39, 0.29) is 19.2 Å². The van der Waals surface area contributed by atoms with Crippen molar-refractivity contribution in [1.82, 2.24) is 0 Å². The summed E-state index contributed by atoms with van der Waals surface area (Å²) in [6.07, 6.45) is 0.884. The molecule has 6 nitrogen and oxygen atoms in total. The van der Waals surface area contributed by atoms with Gasteiger partial charge < -0.3 is 9.26 Å². The lowest BCUT2D eigenvalue weighted by Gasteiger charge is -2.17. The molecular formula is C14H21O6P. The second kappa shape index (κ2) is 8.82. The minimum Gasteiger partial charge on any atom is -0.469 e. The zero-order valence-corrected chi connectivity index (χ0v) is 13.4. The smallest absolute Gasteiger partial charge is 0.469 e. The predicted molar refractivity (Wildman–Crippen MR) is 78.3 cm³/mol. The summed E-state index contributed by atoms with van der Waals surface area (Å²) in [6.45, 7) is 3.89. The van der Waals surface area contributed by atoms with Crippen LogP contribution in [0.5, 0.6) is 5.75 Å². The van der Waals surface area contributed by atoms with Crippen LogP contribution in [0, 0.1) is 0 Å². The molecule has 1 rings (SSSR count). The van der Waals surface area contributed by atoms with Crippen LogP contribution in [0.3, 0.4) is 0 Å². The second-order valence-electron chi connectivity index (χ2n) is 4.09. The van der Waals surface area contributed by atoms with E-state index in [4.69, 9.17) is 13.6 Å². The number of phosphoric acid groups is 1. The van der Waals surface area contributed by atoms with Crippen molar-refractivity contribution in [3.05, 3.63) is 29.8 Å². The van der Waals surface area contributed by atoms with E-state index in [0.29, 0.717) is 18.6 Å². The fraction of sp³-hybridized carbons (Fsp3) is 0.500. The van der Waals surface area contributed by atoms with Crippen molar-refractivity contribution >= 4 is 13.8 Å². The van der Waals surface area contributed by atoms with Gasteiger partial charge in [0.05, 0.1) is 20.3 Å². The van der Waals surface area contributed by atoms with Crippen molar-refractivity contribution in [2.75, 3.05) is 20.3 Å². The lowest BCUT2D eigenvalue weighted by Crippen LogP contribution is -2.03. The van der Waals surface area contributed by atoms with Gasteiger partial charge in [0.2, 0.25) is 0 Å². The van der Waals surface area contributed by atoms with E-state index in [2.05, 4.69) is 4.74 Å². The van der Waals surface area contributed by atoms with Crippen LogP contribution in [0.15, 0.2) is 24.3 Å². The summed E-state index contributed by atoms with van der Waals surface area (Å²) in [6, 6.07) is 6.91. The first-order valence-corrected chi connectivity index (χ1v) is 8.23. The number of hydrogen-bond acceptors (Lipinski definition) is 6. The van der Waals surface area contributed by atoms with Crippen molar-refractivity contribution in [2.24, 2.45) is 0 Å². The Bertz CT molecular complexity index is 475. The molecule has 0 bridgehead atoms. The molecule has 0 aliphatic rings. The summed E-state index contributed by atoms with van der Waals surface area (Å²) in [5.74, 6) is 0.134. The van der Waals surface area contributed by atoms with Crippen molar-refractivity contribution in [2.45, 2.75) is 26.7 Å². The zero-order valence-electron chi connectivity index (χ0n) is 12.5. The molecule has 0 saturated heterocycles. The Morgan fingerprint density at radius 1 is 1.10 bits per heavy atom. The van der Waals surface area contributed by atoms with Crippen molar-refractivity contribution in [3.8, 4) is 5.75 Å². The van der Waals surface area contributed by atoms with Gasteiger partial charge in [0.25, 0.3) is 0 Å². The first-order chi connectivity index (χ1) is 10.0. The molecule has 1 aromatic carbocycles. The second-order valence-corrected chi connectivity index (χ2v) is 5.69. The van der Waals surface area contributed by atoms with Gasteiger partial charge >= 0.3 is 13.8 Å². The average Bonchev–Trinajstić information content (AvgIpc) is 2.46. The summed E-state index contributed by atoms with van der Waals surface area (Å²) in [5, 5.41) is 0. The third kappa shape index (κ3) is 6.29. The molecule has 0 atom stereocenters. The number of rotatable bonds is 9. The number of esters is 1. The van der Waals surface area contributed by atoms with Gasteiger partial charge in [-0.05, 0) is 38.0 Å². The Morgan fingerprint density at radius 2 is 1.67 bits per heavy atom. The molecule has 1 aromatic rings. The lowest BCUT2D eigenvalue weighted by atomic mass is 10.1. The Labute approximate surface area is 125 Å². The molecule has 0 fully saturated rings. The van der Waals surface area contributed by atoms with Crippen LogP contribution in [0.4, 0.5) is 0 Å². The van der Waals surface area contributed by atoms with Crippen molar-refractivity contribution in [1.29, 1.82) is 0 Å². The van der Waals surface area contributed by atoms with Crippen molar-refractivity contribution in [3.63, 3.8) is 0 Å². The van der Waals surface area contributed by atoms with Crippen LogP contribution in [-0.2, 0) is 29.6 Å². The first-order valence-electron chi connectivity index (χ1n) is 6.77. The number of aryl methyl sites for hydroxylation is 1. The summed E-state index contributed by atoms with van der Waals surface area (Å²) < 4.78 is 32.2. The maximum Gasteiger partial charge on any atom is 0.530 e. The molecular weight excluding hydrogens is 295 g/mol. The molecule has 0 aliphatic carbocycles. The number of carbonyl (C=O) groups is 1. The monoisotopic (exact) mass is 316 g/mol. The molecule has 0 spiro atoms. The quantitative estimate of drug-likeness (QED) is 0.514. The van der Waals surface area contributed by atoms with Gasteiger partial charge in [0.15, 0.2) is 0 Å². The highest BCUT2D eigenvalue weighted by Crippen LogP contribution is 2.49. The van der Waals surface area contributed by atoms with Crippen LogP contribution in [-0.4, -0.2) is 26.3 Å². The molecule has 0 N–H and O–H groups in total. The molecule has 118 valence electrons. The number of phosphoric ester groups is 1. The number of carbonyl (C=O) groups excluding carboxylic acids is 1. The summed E-state index contributed by atoms with van der Waals surface area (Å²) in [5.41, 5.74) is 0.954. The third-order valence-corrected chi connectivity index (χ3v) is 4.14. The Kier molecular flexibility index (Phi) is 7.43. The molecule has 7 heteroatoms. The summed E-state index contributed by atoms with van der Waals surface area (Å²) in [7, 11) is -2.21. The number of benzene rings is 1. The zero-order chi connectivity index (χ0) is 15.7. The van der Waals surface area contributed by atoms with Gasteiger partial charge in [0.1, 0.15) is 5.75 Å². The molecule has 0 unspecified atom stereocenters. The van der Waals surface area contributed by atoms with E-state index < -0.39 is 7.82 Å². The first kappa shape index (κ1) is 17.7. The molecule has 0 amide bonds. The lowest BCUT2D eigenvalue weighted by molar-refractivity contribution is -0.140. The Morgan fingerprint density at radius 3 is 2.14 bits per heavy atom. The van der Waals surface area contributed by atoms with Crippen LogP contribution in [0.2, 0.25) is 0 Å². The summed E-state index contributed by atoms with van der Waals surface area (Å²) >= 11 is 0. The van der Waals surface area contributed by atoms with Gasteiger partial charge in [-0.3, -0.25) is 13.8 Å². The fourth-order valence-electron chi connectivity index (χ4n) is 1.60. The molecule has 0 aromatic heterocycles. The van der Waals surface area contributed by atoms with Crippen molar-refractivity contribution < 1.29 is 27.7 Å². The van der Waals surface area contributed by atoms with E-state index in [1.165, 1.54) is 7.11 Å². The van der Waals surface area contributed by atoms with Gasteiger partial charge in [-0.1, -0.05) is 12.1 Å². The van der Waals surface area contributed by atoms with Crippen LogP contribution < -0.4 is 4.52 Å². The minimum absolute atomic E-state index is 0.231. The van der Waals surface area contributed by atoms with E-state index in [9.17, 15) is 9.36 Å². The number of hydrogen-bond donors (Lipinski definition) is 0. The van der Waals surface area contributed by atoms with E-state index in [1.54, 1.807) is 38.1 Å². The largest absolute Gasteiger partial charge is 0.530 e. The van der Waals surface area contributed by atoms with Gasteiger partial charge in [0, 0.05) is 6.42 Å². The van der Waals surface area contributed by atoms with E-state index in [0.717, 1.165) is 5.56 Å². The molecule has 21 heavy (non-hydrogen) atoms. The molecule has 0 aliphatic heterocycles. The molecule has 0 heterocycles. The summed E-state index contributed by atoms with van der Waals surface area (Å²) in [4.78, 5) is 11.1. The third-order valence-electron chi connectivity index (χ3n) is 2.56. The van der Waals surface area contributed by atoms with E-state index in [1.807, 2.05) is 0 Å². The Balaban J connectivity index is 2.64. The number of ether oxygens (including phenoxy) is 1.